The van der Waals surface area contributed by atoms with Crippen molar-refractivity contribution in [2.45, 2.75) is 12.6 Å². The van der Waals surface area contributed by atoms with Gasteiger partial charge >= 0.3 is 0 Å². The van der Waals surface area contributed by atoms with Crippen LogP contribution in [0.3, 0.4) is 0 Å². The van der Waals surface area contributed by atoms with Gasteiger partial charge in [-0.3, -0.25) is 10.5 Å². The van der Waals surface area contributed by atoms with Crippen LogP contribution in [0, 0.1) is 0 Å². The summed E-state index contributed by atoms with van der Waals surface area (Å²) < 4.78 is 8.80. The van der Waals surface area contributed by atoms with Gasteiger partial charge in [0.2, 0.25) is 0 Å². The molecule has 0 aliphatic carbocycles. The molecule has 0 bridgehead atoms. The molecule has 8 heteroatoms. The van der Waals surface area contributed by atoms with Gasteiger partial charge in [0, 0.05) is 16.1 Å². The van der Waals surface area contributed by atoms with Crippen LogP contribution in [0.15, 0.2) is 33.3 Å². The third-order valence-electron chi connectivity index (χ3n) is 3.05. The molecule has 1 atom stereocenters. The van der Waals surface area contributed by atoms with Crippen molar-refractivity contribution in [2.75, 3.05) is 13.7 Å². The topological polar surface area (TPSA) is 65.1 Å². The average Bonchev–Trinajstić information content (AvgIpc) is 2.81. The Morgan fingerprint density at radius 3 is 2.86 bits per heavy atom. The fourth-order valence-electron chi connectivity index (χ4n) is 2.07. The van der Waals surface area contributed by atoms with E-state index in [4.69, 9.17) is 22.2 Å². The van der Waals surface area contributed by atoms with E-state index in [9.17, 15) is 0 Å². The fraction of sp³-hybridized carbons (Fsp3) is 0.308. The third kappa shape index (κ3) is 3.85. The van der Waals surface area contributed by atoms with Gasteiger partial charge in [0.05, 0.1) is 36.1 Å². The number of hydrogen-bond donors (Lipinski definition) is 2. The fourth-order valence-corrected chi connectivity index (χ4v) is 3.59. The van der Waals surface area contributed by atoms with Gasteiger partial charge in [-0.2, -0.15) is 5.10 Å². The predicted molar refractivity (Wildman–Crippen MR) is 90.1 cm³/mol. The summed E-state index contributed by atoms with van der Waals surface area (Å²) in [7, 11) is 1.65. The van der Waals surface area contributed by atoms with Crippen LogP contribution in [0.25, 0.3) is 0 Å². The Hall–Kier alpha value is -0.440. The van der Waals surface area contributed by atoms with Crippen molar-refractivity contribution >= 4 is 43.5 Å². The van der Waals surface area contributed by atoms with Gasteiger partial charge in [-0.05, 0) is 17.7 Å². The molecule has 1 heterocycles. The number of benzene rings is 1. The maximum absolute atomic E-state index is 6.29. The molecule has 5 nitrogen and oxygen atoms in total. The van der Waals surface area contributed by atoms with E-state index in [-0.39, 0.29) is 6.04 Å². The number of methoxy groups -OCH3 is 1. The SMILES string of the molecule is COCCn1ncc(Cl)c1C(NN)c1ccc(Br)cc1Br. The van der Waals surface area contributed by atoms with Crippen LogP contribution >= 0.6 is 43.5 Å². The van der Waals surface area contributed by atoms with Gasteiger partial charge in [0.25, 0.3) is 0 Å². The minimum absolute atomic E-state index is 0.278. The highest BCUT2D eigenvalue weighted by molar-refractivity contribution is 9.11. The van der Waals surface area contributed by atoms with Gasteiger partial charge in [-0.15, -0.1) is 0 Å². The van der Waals surface area contributed by atoms with Crippen molar-refractivity contribution in [3.8, 4) is 0 Å². The third-order valence-corrected chi connectivity index (χ3v) is 4.53. The molecule has 0 aliphatic heterocycles. The Bertz CT molecular complexity index is 620. The van der Waals surface area contributed by atoms with Gasteiger partial charge in [-0.1, -0.05) is 49.5 Å². The molecule has 0 fully saturated rings. The molecule has 21 heavy (non-hydrogen) atoms. The number of hydrazine groups is 1. The maximum Gasteiger partial charge on any atom is 0.0904 e. The summed E-state index contributed by atoms with van der Waals surface area (Å²) in [4.78, 5) is 0. The molecule has 0 spiro atoms. The quantitative estimate of drug-likeness (QED) is 0.537. The number of hydrogen-bond acceptors (Lipinski definition) is 4. The van der Waals surface area contributed by atoms with Crippen LogP contribution < -0.4 is 11.3 Å². The molecule has 0 saturated heterocycles. The lowest BCUT2D eigenvalue weighted by atomic mass is 10.0. The Balaban J connectivity index is 2.43. The number of rotatable bonds is 6. The van der Waals surface area contributed by atoms with E-state index in [1.54, 1.807) is 18.0 Å². The Morgan fingerprint density at radius 2 is 2.24 bits per heavy atom. The van der Waals surface area contributed by atoms with E-state index < -0.39 is 0 Å². The lowest BCUT2D eigenvalue weighted by Gasteiger charge is -2.20. The smallest absolute Gasteiger partial charge is 0.0904 e. The molecular weight excluding hydrogens is 423 g/mol. The summed E-state index contributed by atoms with van der Waals surface area (Å²) in [5.74, 6) is 5.76. The van der Waals surface area contributed by atoms with E-state index in [1.165, 1.54) is 0 Å². The first-order valence-corrected chi connectivity index (χ1v) is 8.16. The number of halogens is 3. The minimum Gasteiger partial charge on any atom is -0.383 e. The first-order valence-electron chi connectivity index (χ1n) is 6.19. The van der Waals surface area contributed by atoms with Gasteiger partial charge in [0.15, 0.2) is 0 Å². The molecule has 1 aromatic heterocycles. The van der Waals surface area contributed by atoms with Crippen LogP contribution in [0.2, 0.25) is 5.02 Å². The highest BCUT2D eigenvalue weighted by Gasteiger charge is 2.23. The normalized spacial score (nSPS) is 12.6. The van der Waals surface area contributed by atoms with E-state index in [2.05, 4.69) is 42.4 Å². The number of nitrogens with one attached hydrogen (secondary N) is 1. The monoisotopic (exact) mass is 436 g/mol. The van der Waals surface area contributed by atoms with Crippen LogP contribution in [0.1, 0.15) is 17.3 Å². The summed E-state index contributed by atoms with van der Waals surface area (Å²) >= 11 is 13.3. The maximum atomic E-state index is 6.29. The van der Waals surface area contributed by atoms with Gasteiger partial charge in [0.1, 0.15) is 0 Å². The molecule has 0 amide bonds. The van der Waals surface area contributed by atoms with Crippen LogP contribution in [0.4, 0.5) is 0 Å². The summed E-state index contributed by atoms with van der Waals surface area (Å²) in [5.41, 5.74) is 4.59. The van der Waals surface area contributed by atoms with E-state index in [0.29, 0.717) is 18.2 Å². The van der Waals surface area contributed by atoms with Crippen molar-refractivity contribution < 1.29 is 4.74 Å². The first kappa shape index (κ1) is 16.9. The zero-order valence-electron chi connectivity index (χ0n) is 11.3. The molecule has 2 rings (SSSR count). The predicted octanol–water partition coefficient (Wildman–Crippen LogP) is 3.26. The molecule has 0 aliphatic rings. The lowest BCUT2D eigenvalue weighted by Crippen LogP contribution is -2.31. The summed E-state index contributed by atoms with van der Waals surface area (Å²) in [5, 5.41) is 4.84. The summed E-state index contributed by atoms with van der Waals surface area (Å²) in [6.07, 6.45) is 1.61. The Labute approximate surface area is 145 Å². The largest absolute Gasteiger partial charge is 0.383 e. The Kier molecular flexibility index (Phi) is 6.21. The molecular formula is C13H15Br2ClN4O. The zero-order chi connectivity index (χ0) is 15.4. The molecule has 1 unspecified atom stereocenters. The van der Waals surface area contributed by atoms with E-state index in [0.717, 1.165) is 20.2 Å². The summed E-state index contributed by atoms with van der Waals surface area (Å²) in [6.45, 7) is 1.15. The lowest BCUT2D eigenvalue weighted by molar-refractivity contribution is 0.182. The van der Waals surface area contributed by atoms with Gasteiger partial charge < -0.3 is 4.74 Å². The average molecular weight is 439 g/mol. The number of nitrogens with two attached hydrogens (primary N) is 1. The van der Waals surface area contributed by atoms with E-state index >= 15 is 0 Å². The highest BCUT2D eigenvalue weighted by Crippen LogP contribution is 2.33. The van der Waals surface area contributed by atoms with Crippen molar-refractivity contribution in [2.24, 2.45) is 5.84 Å². The van der Waals surface area contributed by atoms with Crippen LogP contribution in [-0.4, -0.2) is 23.5 Å². The molecule has 0 saturated carbocycles. The number of aromatic nitrogens is 2. The molecule has 3 N–H and O–H groups in total. The highest BCUT2D eigenvalue weighted by atomic mass is 79.9. The Morgan fingerprint density at radius 1 is 1.48 bits per heavy atom. The van der Waals surface area contributed by atoms with Crippen LogP contribution in [0.5, 0.6) is 0 Å². The number of ether oxygens (including phenoxy) is 1. The summed E-state index contributed by atoms with van der Waals surface area (Å²) in [6, 6.07) is 5.61. The second-order valence-corrected chi connectivity index (χ2v) is 6.54. The molecule has 2 aromatic rings. The first-order chi connectivity index (χ1) is 10.1. The molecule has 0 radical (unpaired) electrons. The second kappa shape index (κ2) is 7.71. The van der Waals surface area contributed by atoms with Crippen molar-refractivity contribution in [3.63, 3.8) is 0 Å². The van der Waals surface area contributed by atoms with E-state index in [1.807, 2.05) is 18.2 Å². The van der Waals surface area contributed by atoms with Gasteiger partial charge in [-0.25, -0.2) is 5.43 Å². The standard InChI is InChI=1S/C13H15Br2ClN4O/c1-21-5-4-20-13(11(16)7-18-20)12(19-17)9-3-2-8(14)6-10(9)15/h2-3,6-7,12,19H,4-5,17H2,1H3. The molecule has 114 valence electrons. The molecule has 1 aromatic carbocycles. The zero-order valence-corrected chi connectivity index (χ0v) is 15.2. The van der Waals surface area contributed by atoms with Crippen molar-refractivity contribution in [1.29, 1.82) is 0 Å². The minimum atomic E-state index is -0.278. The van der Waals surface area contributed by atoms with Crippen LogP contribution in [-0.2, 0) is 11.3 Å². The second-order valence-electron chi connectivity index (χ2n) is 4.36. The van der Waals surface area contributed by atoms with Crippen molar-refractivity contribution in [3.05, 3.63) is 49.6 Å². The number of nitrogens with zero attached hydrogens (tertiary/aromatic N) is 2. The van der Waals surface area contributed by atoms with Crippen molar-refractivity contribution in [1.82, 2.24) is 15.2 Å².